The molecule has 0 aliphatic rings. The molecule has 2 N–H and O–H groups in total. The van der Waals surface area contributed by atoms with Crippen LogP contribution in [0, 0.1) is 13.8 Å². The van der Waals surface area contributed by atoms with Gasteiger partial charge in [-0.15, -0.1) is 5.10 Å². The van der Waals surface area contributed by atoms with E-state index in [-0.39, 0.29) is 0 Å². The van der Waals surface area contributed by atoms with E-state index in [0.717, 1.165) is 38.2 Å². The van der Waals surface area contributed by atoms with E-state index in [9.17, 15) is 5.11 Å². The van der Waals surface area contributed by atoms with Crippen molar-refractivity contribution in [3.63, 3.8) is 0 Å². The largest absolute Gasteiger partial charge is 0.507 e. The van der Waals surface area contributed by atoms with E-state index < -0.39 is 0 Å². The van der Waals surface area contributed by atoms with Gasteiger partial charge in [0.05, 0.1) is 24.7 Å². The van der Waals surface area contributed by atoms with E-state index >= 15 is 0 Å². The number of rotatable bonds is 4. The lowest BCUT2D eigenvalue weighted by Crippen LogP contribution is -1.98. The summed E-state index contributed by atoms with van der Waals surface area (Å²) < 4.78 is 7.06. The van der Waals surface area contributed by atoms with Crippen molar-refractivity contribution in [3.05, 3.63) is 53.6 Å². The molecule has 0 radical (unpaired) electrons. The number of nitrogens with zero attached hydrogens (tertiary/aromatic N) is 3. The van der Waals surface area contributed by atoms with Crippen LogP contribution in [0.3, 0.4) is 0 Å². The molecule has 4 aromatic rings. The highest BCUT2D eigenvalue weighted by Gasteiger charge is 2.12. The maximum atomic E-state index is 9.90. The highest BCUT2D eigenvalue weighted by atomic mass is 32.1. The van der Waals surface area contributed by atoms with Crippen LogP contribution in [0.2, 0.25) is 0 Å². The van der Waals surface area contributed by atoms with E-state index in [2.05, 4.69) is 15.4 Å². The highest BCUT2D eigenvalue weighted by molar-refractivity contribution is 7.20. The first-order valence-electron chi connectivity index (χ1n) is 7.53. The second kappa shape index (κ2) is 5.68. The molecule has 6 nitrogen and oxygen atoms in total. The zero-order chi connectivity index (χ0) is 16.7. The third-order valence-electron chi connectivity index (χ3n) is 3.82. The quantitative estimate of drug-likeness (QED) is 0.587. The summed E-state index contributed by atoms with van der Waals surface area (Å²) in [4.78, 5) is 5.45. The van der Waals surface area contributed by atoms with Crippen LogP contribution in [0.5, 0.6) is 5.75 Å². The lowest BCUT2D eigenvalue weighted by Gasteiger charge is -2.05. The third-order valence-corrected chi connectivity index (χ3v) is 4.70. The van der Waals surface area contributed by atoms with Crippen LogP contribution in [-0.2, 0) is 6.54 Å². The lowest BCUT2D eigenvalue weighted by atomic mass is 10.0. The van der Waals surface area contributed by atoms with Gasteiger partial charge < -0.3 is 14.8 Å². The van der Waals surface area contributed by atoms with Crippen LogP contribution < -0.4 is 5.32 Å². The van der Waals surface area contributed by atoms with Gasteiger partial charge in [-0.2, -0.15) is 0 Å². The molecule has 0 fully saturated rings. The second-order valence-corrected chi connectivity index (χ2v) is 6.61. The molecule has 0 aliphatic heterocycles. The maximum absolute atomic E-state index is 9.90. The van der Waals surface area contributed by atoms with Crippen molar-refractivity contribution in [2.24, 2.45) is 0 Å². The van der Waals surface area contributed by atoms with Gasteiger partial charge in [-0.25, -0.2) is 9.50 Å². The molecule has 3 heterocycles. The van der Waals surface area contributed by atoms with Crippen molar-refractivity contribution in [2.45, 2.75) is 20.4 Å². The van der Waals surface area contributed by atoms with Gasteiger partial charge in [0.1, 0.15) is 11.5 Å². The summed E-state index contributed by atoms with van der Waals surface area (Å²) in [6, 6.07) is 7.65. The van der Waals surface area contributed by atoms with Crippen molar-refractivity contribution < 1.29 is 9.52 Å². The van der Waals surface area contributed by atoms with Crippen LogP contribution in [0.25, 0.3) is 16.2 Å². The van der Waals surface area contributed by atoms with Crippen LogP contribution in [0.1, 0.15) is 16.9 Å². The predicted octanol–water partition coefficient (Wildman–Crippen LogP) is 3.99. The minimum absolute atomic E-state index is 0.335. The first kappa shape index (κ1) is 14.8. The molecule has 1 aromatic carbocycles. The molecule has 0 amide bonds. The molecule has 0 saturated carbocycles. The monoisotopic (exact) mass is 340 g/mol. The molecule has 7 heteroatoms. The average Bonchev–Trinajstić information content (AvgIpc) is 3.25. The van der Waals surface area contributed by atoms with E-state index in [4.69, 9.17) is 4.42 Å². The number of hydrogen-bond acceptors (Lipinski definition) is 6. The van der Waals surface area contributed by atoms with Crippen LogP contribution in [0.15, 0.2) is 41.1 Å². The van der Waals surface area contributed by atoms with Crippen molar-refractivity contribution in [3.8, 4) is 17.0 Å². The number of benzene rings is 1. The number of imidazole rings is 1. The molecule has 0 atom stereocenters. The summed E-state index contributed by atoms with van der Waals surface area (Å²) >= 11 is 1.48. The topological polar surface area (TPSA) is 75.6 Å². The van der Waals surface area contributed by atoms with E-state index in [1.165, 1.54) is 11.3 Å². The fourth-order valence-corrected chi connectivity index (χ4v) is 3.37. The summed E-state index contributed by atoms with van der Waals surface area (Å²) in [5.74, 6) is 1.20. The number of phenolic OH excluding ortho intramolecular Hbond substituents is 1. The minimum Gasteiger partial charge on any atom is -0.507 e. The first-order chi connectivity index (χ1) is 11.6. The molecular formula is C17H16N4O2S. The second-order valence-electron chi connectivity index (χ2n) is 5.65. The lowest BCUT2D eigenvalue weighted by molar-refractivity contribution is 0.467. The van der Waals surface area contributed by atoms with Gasteiger partial charge in [-0.1, -0.05) is 11.3 Å². The Kier molecular flexibility index (Phi) is 3.50. The van der Waals surface area contributed by atoms with Crippen molar-refractivity contribution in [1.29, 1.82) is 0 Å². The van der Waals surface area contributed by atoms with Gasteiger partial charge in [-0.3, -0.25) is 0 Å². The Morgan fingerprint density at radius 3 is 2.75 bits per heavy atom. The normalized spacial score (nSPS) is 11.2. The van der Waals surface area contributed by atoms with Gasteiger partial charge in [0, 0.05) is 5.56 Å². The molecule has 3 aromatic heterocycles. The van der Waals surface area contributed by atoms with Crippen LogP contribution in [-0.4, -0.2) is 19.7 Å². The van der Waals surface area contributed by atoms with E-state index in [1.54, 1.807) is 10.8 Å². The standard InChI is InChI=1S/C17H16N4O2S/c1-10-6-12(7-11(2)15(10)22)14-9-21-17(19-14)24-16(20-21)18-8-13-4-3-5-23-13/h3-7,9,22H,8H2,1-2H3,(H,18,20). The number of phenols is 1. The Hall–Kier alpha value is -2.80. The summed E-state index contributed by atoms with van der Waals surface area (Å²) in [5.41, 5.74) is 3.51. The zero-order valence-electron chi connectivity index (χ0n) is 13.3. The molecule has 4 rings (SSSR count). The number of furan rings is 1. The number of aryl methyl sites for hydroxylation is 2. The zero-order valence-corrected chi connectivity index (χ0v) is 14.1. The molecule has 122 valence electrons. The smallest absolute Gasteiger partial charge is 0.214 e. The van der Waals surface area contributed by atoms with Gasteiger partial charge in [0.25, 0.3) is 0 Å². The number of nitrogens with one attached hydrogen (secondary N) is 1. The van der Waals surface area contributed by atoms with Gasteiger partial charge in [0.15, 0.2) is 0 Å². The fraction of sp³-hybridized carbons (Fsp3) is 0.176. The third kappa shape index (κ3) is 2.63. The van der Waals surface area contributed by atoms with E-state index in [0.29, 0.717) is 12.3 Å². The Balaban J connectivity index is 1.59. The maximum Gasteiger partial charge on any atom is 0.214 e. The van der Waals surface area contributed by atoms with Crippen LogP contribution in [0.4, 0.5) is 5.13 Å². The Labute approximate surface area is 142 Å². The van der Waals surface area contributed by atoms with Crippen molar-refractivity contribution >= 4 is 21.4 Å². The first-order valence-corrected chi connectivity index (χ1v) is 8.35. The van der Waals surface area contributed by atoms with E-state index in [1.807, 2.05) is 44.3 Å². The molecule has 0 spiro atoms. The number of aromatic nitrogens is 3. The fourth-order valence-electron chi connectivity index (χ4n) is 2.59. The molecule has 0 saturated heterocycles. The van der Waals surface area contributed by atoms with Crippen molar-refractivity contribution in [1.82, 2.24) is 14.6 Å². The predicted molar refractivity (Wildman–Crippen MR) is 93.5 cm³/mol. The highest BCUT2D eigenvalue weighted by Crippen LogP contribution is 2.30. The van der Waals surface area contributed by atoms with Gasteiger partial charge in [-0.05, 0) is 49.2 Å². The van der Waals surface area contributed by atoms with Crippen LogP contribution >= 0.6 is 11.3 Å². The number of aromatic hydroxyl groups is 1. The molecule has 0 unspecified atom stereocenters. The molecule has 0 bridgehead atoms. The number of fused-ring (bicyclic) bond motifs is 1. The number of anilines is 1. The molecule has 0 aliphatic carbocycles. The Morgan fingerprint density at radius 1 is 1.29 bits per heavy atom. The number of hydrogen-bond donors (Lipinski definition) is 2. The van der Waals surface area contributed by atoms with Crippen molar-refractivity contribution in [2.75, 3.05) is 5.32 Å². The molecular weight excluding hydrogens is 324 g/mol. The summed E-state index contributed by atoms with van der Waals surface area (Å²) in [5, 5.41) is 18.4. The van der Waals surface area contributed by atoms with Gasteiger partial charge >= 0.3 is 0 Å². The Bertz CT molecular complexity index is 947. The summed E-state index contributed by atoms with van der Waals surface area (Å²) in [7, 11) is 0. The molecule has 24 heavy (non-hydrogen) atoms. The summed E-state index contributed by atoms with van der Waals surface area (Å²) in [6.45, 7) is 4.37. The summed E-state index contributed by atoms with van der Waals surface area (Å²) in [6.07, 6.45) is 3.55. The SMILES string of the molecule is Cc1cc(-c2cn3nc(NCc4ccco4)sc3n2)cc(C)c1O. The van der Waals surface area contributed by atoms with Gasteiger partial charge in [0.2, 0.25) is 10.1 Å². The minimum atomic E-state index is 0.335. The average molecular weight is 340 g/mol. The Morgan fingerprint density at radius 2 is 2.08 bits per heavy atom.